The molecule has 1 N–H and O–H groups in total. The summed E-state index contributed by atoms with van der Waals surface area (Å²) >= 11 is 0. The van der Waals surface area contributed by atoms with Crippen molar-refractivity contribution in [3.63, 3.8) is 0 Å². The van der Waals surface area contributed by atoms with E-state index in [4.69, 9.17) is 4.74 Å². The first-order valence-electron chi connectivity index (χ1n) is 8.12. The predicted octanol–water partition coefficient (Wildman–Crippen LogP) is 1.30. The lowest BCUT2D eigenvalue weighted by Gasteiger charge is -2.36. The molecule has 2 saturated heterocycles. The second kappa shape index (κ2) is 6.90. The molecular formula is C17H21N3O4. The average molecular weight is 331 g/mol. The van der Waals surface area contributed by atoms with Crippen molar-refractivity contribution in [2.45, 2.75) is 25.3 Å². The fraction of sp³-hybridized carbons (Fsp3) is 0.471. The minimum absolute atomic E-state index is 0.0363. The summed E-state index contributed by atoms with van der Waals surface area (Å²) in [7, 11) is 1.61. The van der Waals surface area contributed by atoms with Gasteiger partial charge in [0.05, 0.1) is 19.7 Å². The number of carbonyl (C=O) groups is 3. The van der Waals surface area contributed by atoms with E-state index in [0.717, 1.165) is 35.5 Å². The third-order valence-corrected chi connectivity index (χ3v) is 4.53. The van der Waals surface area contributed by atoms with Crippen molar-refractivity contribution >= 4 is 17.8 Å². The molecule has 128 valence electrons. The van der Waals surface area contributed by atoms with Gasteiger partial charge in [-0.25, -0.2) is 4.79 Å². The highest BCUT2D eigenvalue weighted by atomic mass is 16.5. The van der Waals surface area contributed by atoms with Crippen LogP contribution in [0.25, 0.3) is 0 Å². The van der Waals surface area contributed by atoms with Gasteiger partial charge in [-0.05, 0) is 37.0 Å². The molecule has 0 spiro atoms. The quantitative estimate of drug-likeness (QED) is 0.844. The Labute approximate surface area is 140 Å². The Morgan fingerprint density at radius 1 is 1.33 bits per heavy atom. The summed E-state index contributed by atoms with van der Waals surface area (Å²) in [5, 5.41) is 2.44. The molecule has 2 aliphatic rings. The lowest BCUT2D eigenvalue weighted by atomic mass is 9.95. The molecule has 1 aromatic carbocycles. The van der Waals surface area contributed by atoms with Crippen molar-refractivity contribution in [1.29, 1.82) is 0 Å². The van der Waals surface area contributed by atoms with Crippen LogP contribution in [-0.2, 0) is 9.59 Å². The van der Waals surface area contributed by atoms with Crippen LogP contribution in [0.4, 0.5) is 4.79 Å². The van der Waals surface area contributed by atoms with Gasteiger partial charge in [-0.15, -0.1) is 0 Å². The highest BCUT2D eigenvalue weighted by Crippen LogP contribution is 2.32. The van der Waals surface area contributed by atoms with Gasteiger partial charge in [-0.3, -0.25) is 14.5 Å². The molecule has 0 aliphatic carbocycles. The normalized spacial score (nSPS) is 21.0. The van der Waals surface area contributed by atoms with Crippen LogP contribution in [0.15, 0.2) is 24.3 Å². The number of carbonyl (C=O) groups excluding carboxylic acids is 3. The van der Waals surface area contributed by atoms with Gasteiger partial charge in [0, 0.05) is 6.54 Å². The van der Waals surface area contributed by atoms with Crippen LogP contribution in [0.2, 0.25) is 0 Å². The minimum Gasteiger partial charge on any atom is -0.497 e. The Bertz CT molecular complexity index is 645. The van der Waals surface area contributed by atoms with E-state index in [1.807, 2.05) is 24.3 Å². The van der Waals surface area contributed by atoms with E-state index in [1.165, 1.54) is 0 Å². The number of urea groups is 1. The van der Waals surface area contributed by atoms with E-state index in [1.54, 1.807) is 12.0 Å². The van der Waals surface area contributed by atoms with E-state index in [9.17, 15) is 14.4 Å². The van der Waals surface area contributed by atoms with Gasteiger partial charge in [0.2, 0.25) is 5.91 Å². The predicted molar refractivity (Wildman–Crippen MR) is 86.4 cm³/mol. The maximum Gasteiger partial charge on any atom is 0.325 e. The molecule has 2 heterocycles. The molecule has 4 amide bonds. The average Bonchev–Trinajstić information content (AvgIpc) is 2.93. The van der Waals surface area contributed by atoms with Crippen molar-refractivity contribution in [3.05, 3.63) is 29.8 Å². The largest absolute Gasteiger partial charge is 0.497 e. The van der Waals surface area contributed by atoms with Crippen LogP contribution in [-0.4, -0.2) is 54.4 Å². The van der Waals surface area contributed by atoms with Crippen LogP contribution in [0.1, 0.15) is 30.9 Å². The van der Waals surface area contributed by atoms with Crippen LogP contribution < -0.4 is 10.1 Å². The van der Waals surface area contributed by atoms with Gasteiger partial charge in [0.1, 0.15) is 12.3 Å². The molecule has 0 radical (unpaired) electrons. The summed E-state index contributed by atoms with van der Waals surface area (Å²) in [6.45, 7) is 0.390. The van der Waals surface area contributed by atoms with Crippen LogP contribution in [0, 0.1) is 0 Å². The Balaban J connectivity index is 1.77. The summed E-state index contributed by atoms with van der Waals surface area (Å²) in [6.07, 6.45) is 2.82. The number of ether oxygens (including phenoxy) is 1. The number of amides is 4. The first kappa shape index (κ1) is 16.3. The number of nitrogens with zero attached hydrogens (tertiary/aromatic N) is 2. The maximum absolute atomic E-state index is 12.7. The monoisotopic (exact) mass is 331 g/mol. The number of methoxy groups -OCH3 is 1. The van der Waals surface area contributed by atoms with E-state index in [0.29, 0.717) is 6.54 Å². The number of benzene rings is 1. The Morgan fingerprint density at radius 2 is 2.17 bits per heavy atom. The third-order valence-electron chi connectivity index (χ3n) is 4.53. The lowest BCUT2D eigenvalue weighted by Crippen LogP contribution is -2.46. The number of hydrogen-bond donors (Lipinski definition) is 1. The molecule has 2 fully saturated rings. The van der Waals surface area contributed by atoms with E-state index in [2.05, 4.69) is 5.32 Å². The first-order chi connectivity index (χ1) is 11.6. The summed E-state index contributed by atoms with van der Waals surface area (Å²) < 4.78 is 5.27. The van der Waals surface area contributed by atoms with Crippen molar-refractivity contribution in [3.8, 4) is 5.75 Å². The highest BCUT2D eigenvalue weighted by Gasteiger charge is 2.34. The second-order valence-corrected chi connectivity index (χ2v) is 6.01. The topological polar surface area (TPSA) is 79.0 Å². The van der Waals surface area contributed by atoms with Crippen LogP contribution in [0.5, 0.6) is 5.75 Å². The summed E-state index contributed by atoms with van der Waals surface area (Å²) in [5.41, 5.74) is 1.01. The van der Waals surface area contributed by atoms with Crippen molar-refractivity contribution in [2.75, 3.05) is 26.7 Å². The van der Waals surface area contributed by atoms with Crippen molar-refractivity contribution in [1.82, 2.24) is 15.1 Å². The number of rotatable bonds is 4. The van der Waals surface area contributed by atoms with Gasteiger partial charge in [-0.2, -0.15) is 0 Å². The summed E-state index contributed by atoms with van der Waals surface area (Å²) in [6, 6.07) is 7.14. The van der Waals surface area contributed by atoms with Crippen molar-refractivity contribution < 1.29 is 19.1 Å². The van der Waals surface area contributed by atoms with E-state index >= 15 is 0 Å². The zero-order valence-corrected chi connectivity index (χ0v) is 13.7. The molecule has 0 unspecified atom stereocenters. The fourth-order valence-electron chi connectivity index (χ4n) is 3.27. The smallest absolute Gasteiger partial charge is 0.325 e. The highest BCUT2D eigenvalue weighted by molar-refractivity contribution is 6.04. The van der Waals surface area contributed by atoms with Gasteiger partial charge in [-0.1, -0.05) is 12.1 Å². The zero-order valence-electron chi connectivity index (χ0n) is 13.7. The number of likely N-dealkylation sites (tertiary alicyclic amines) is 1. The van der Waals surface area contributed by atoms with Crippen molar-refractivity contribution in [2.24, 2.45) is 0 Å². The SMILES string of the molecule is COc1cccc([C@@H]2CCCCN2C(=O)CN2C(=O)CNC2=O)c1. The number of nitrogens with one attached hydrogen (secondary N) is 1. The standard InChI is InChI=1S/C17H21N3O4/c1-24-13-6-4-5-12(9-13)14-7-2-3-8-19(14)16(22)11-20-15(21)10-18-17(20)23/h4-6,9,14H,2-3,7-8,10-11H2,1H3,(H,18,23)/t14-/m0/s1. The second-order valence-electron chi connectivity index (χ2n) is 6.01. The molecule has 0 aromatic heterocycles. The van der Waals surface area contributed by atoms with E-state index < -0.39 is 6.03 Å². The molecule has 0 saturated carbocycles. The molecule has 7 nitrogen and oxygen atoms in total. The number of piperidine rings is 1. The number of hydrogen-bond acceptors (Lipinski definition) is 4. The van der Waals surface area contributed by atoms with Gasteiger partial charge >= 0.3 is 6.03 Å². The Morgan fingerprint density at radius 3 is 2.88 bits per heavy atom. The summed E-state index contributed by atoms with van der Waals surface area (Å²) in [4.78, 5) is 38.8. The third kappa shape index (κ3) is 3.20. The Kier molecular flexibility index (Phi) is 4.69. The molecule has 7 heteroatoms. The maximum atomic E-state index is 12.7. The molecule has 0 bridgehead atoms. The summed E-state index contributed by atoms with van der Waals surface area (Å²) in [5.74, 6) is 0.191. The molecule has 24 heavy (non-hydrogen) atoms. The zero-order chi connectivity index (χ0) is 17.1. The van der Waals surface area contributed by atoms with Crippen LogP contribution >= 0.6 is 0 Å². The Hall–Kier alpha value is -2.57. The van der Waals surface area contributed by atoms with Crippen LogP contribution in [0.3, 0.4) is 0 Å². The molecular weight excluding hydrogens is 310 g/mol. The van der Waals surface area contributed by atoms with Gasteiger partial charge < -0.3 is 15.0 Å². The molecule has 1 aromatic rings. The fourth-order valence-corrected chi connectivity index (χ4v) is 3.27. The number of imide groups is 1. The minimum atomic E-state index is -0.497. The molecule has 2 aliphatic heterocycles. The lowest BCUT2D eigenvalue weighted by molar-refractivity contribution is -0.139. The van der Waals surface area contributed by atoms with Gasteiger partial charge in [0.25, 0.3) is 5.91 Å². The van der Waals surface area contributed by atoms with Gasteiger partial charge in [0.15, 0.2) is 0 Å². The molecule has 3 rings (SSSR count). The first-order valence-corrected chi connectivity index (χ1v) is 8.12. The van der Waals surface area contributed by atoms with E-state index in [-0.39, 0.29) is 30.9 Å². The molecule has 1 atom stereocenters.